The first-order chi connectivity index (χ1) is 6.08. The maximum absolute atomic E-state index is 11.3. The van der Waals surface area contributed by atoms with Gasteiger partial charge in [-0.25, -0.2) is 0 Å². The van der Waals surface area contributed by atoms with Crippen LogP contribution in [0.2, 0.25) is 0 Å². The maximum Gasteiger partial charge on any atom is 0.220 e. The van der Waals surface area contributed by atoms with Crippen molar-refractivity contribution in [2.24, 2.45) is 11.8 Å². The predicted octanol–water partition coefficient (Wildman–Crippen LogP) is 2.32. The minimum absolute atomic E-state index is 0.202. The van der Waals surface area contributed by atoms with Crippen molar-refractivity contribution in [3.63, 3.8) is 0 Å². The molecule has 1 N–H and O–H groups in total. The molecule has 0 aromatic carbocycles. The lowest BCUT2D eigenvalue weighted by atomic mass is 9.85. The van der Waals surface area contributed by atoms with E-state index in [2.05, 4.69) is 35.1 Å². The van der Waals surface area contributed by atoms with Gasteiger partial charge in [-0.15, -0.1) is 0 Å². The molecule has 13 heavy (non-hydrogen) atoms. The number of hydrogen-bond donors (Lipinski definition) is 1. The molecule has 0 aliphatic heterocycles. The average molecular weight is 248 g/mol. The second-order valence-electron chi connectivity index (χ2n) is 4.34. The van der Waals surface area contributed by atoms with E-state index in [1.54, 1.807) is 0 Å². The summed E-state index contributed by atoms with van der Waals surface area (Å²) in [6, 6.07) is 0. The molecule has 1 saturated carbocycles. The van der Waals surface area contributed by atoms with Gasteiger partial charge in [0.05, 0.1) is 0 Å². The Morgan fingerprint density at radius 2 is 2.15 bits per heavy atom. The highest BCUT2D eigenvalue weighted by molar-refractivity contribution is 9.09. The van der Waals surface area contributed by atoms with Gasteiger partial charge < -0.3 is 5.32 Å². The van der Waals surface area contributed by atoms with Crippen LogP contribution in [0.25, 0.3) is 0 Å². The summed E-state index contributed by atoms with van der Waals surface area (Å²) in [6.45, 7) is 5.00. The molecule has 1 aliphatic rings. The summed E-state index contributed by atoms with van der Waals surface area (Å²) < 4.78 is 0. The molecule has 0 saturated heterocycles. The van der Waals surface area contributed by atoms with Crippen LogP contribution in [0.4, 0.5) is 0 Å². The SMILES string of the molecule is CC(C)CC(=O)NCC1CC(Br)C1. The summed E-state index contributed by atoms with van der Waals surface area (Å²) in [5.41, 5.74) is 0. The first-order valence-corrected chi connectivity index (χ1v) is 5.90. The van der Waals surface area contributed by atoms with E-state index in [-0.39, 0.29) is 5.91 Å². The molecule has 0 aromatic rings. The van der Waals surface area contributed by atoms with E-state index in [1.165, 1.54) is 12.8 Å². The number of halogens is 1. The van der Waals surface area contributed by atoms with E-state index >= 15 is 0 Å². The molecular formula is C10H18BrNO. The average Bonchev–Trinajstić information content (AvgIpc) is 1.94. The lowest BCUT2D eigenvalue weighted by Gasteiger charge is -2.31. The van der Waals surface area contributed by atoms with Crippen LogP contribution in [-0.2, 0) is 4.79 Å². The third kappa shape index (κ3) is 4.12. The van der Waals surface area contributed by atoms with Gasteiger partial charge in [-0.2, -0.15) is 0 Å². The molecule has 1 fully saturated rings. The van der Waals surface area contributed by atoms with Crippen LogP contribution in [-0.4, -0.2) is 17.3 Å². The van der Waals surface area contributed by atoms with Crippen LogP contribution in [0.3, 0.4) is 0 Å². The summed E-state index contributed by atoms with van der Waals surface area (Å²) in [4.78, 5) is 12.0. The van der Waals surface area contributed by atoms with Crippen molar-refractivity contribution >= 4 is 21.8 Å². The summed E-state index contributed by atoms with van der Waals surface area (Å²) in [5.74, 6) is 1.37. The van der Waals surface area contributed by atoms with Gasteiger partial charge in [-0.3, -0.25) is 4.79 Å². The van der Waals surface area contributed by atoms with Crippen LogP contribution in [0.5, 0.6) is 0 Å². The first kappa shape index (κ1) is 11.0. The zero-order valence-electron chi connectivity index (χ0n) is 8.35. The van der Waals surface area contributed by atoms with E-state index < -0.39 is 0 Å². The normalized spacial score (nSPS) is 27.1. The molecule has 3 heteroatoms. The Morgan fingerprint density at radius 1 is 1.54 bits per heavy atom. The molecule has 1 aliphatic carbocycles. The number of carbonyl (C=O) groups excluding carboxylic acids is 1. The Hall–Kier alpha value is -0.0500. The van der Waals surface area contributed by atoms with E-state index in [4.69, 9.17) is 0 Å². The van der Waals surface area contributed by atoms with E-state index in [9.17, 15) is 4.79 Å². The molecular weight excluding hydrogens is 230 g/mol. The smallest absolute Gasteiger partial charge is 0.220 e. The molecule has 1 amide bonds. The molecule has 0 spiro atoms. The molecule has 0 unspecified atom stereocenters. The highest BCUT2D eigenvalue weighted by atomic mass is 79.9. The lowest BCUT2D eigenvalue weighted by Crippen LogP contribution is -2.36. The molecule has 76 valence electrons. The predicted molar refractivity (Wildman–Crippen MR) is 57.9 cm³/mol. The maximum atomic E-state index is 11.3. The highest BCUT2D eigenvalue weighted by Crippen LogP contribution is 2.32. The molecule has 2 nitrogen and oxygen atoms in total. The molecule has 0 heterocycles. The highest BCUT2D eigenvalue weighted by Gasteiger charge is 2.26. The lowest BCUT2D eigenvalue weighted by molar-refractivity contribution is -0.122. The molecule has 1 rings (SSSR count). The van der Waals surface area contributed by atoms with E-state index in [0.717, 1.165) is 6.54 Å². The van der Waals surface area contributed by atoms with Gasteiger partial charge in [0.25, 0.3) is 0 Å². The van der Waals surface area contributed by atoms with Crippen molar-refractivity contribution in [2.75, 3.05) is 6.54 Å². The number of nitrogens with one attached hydrogen (secondary N) is 1. The van der Waals surface area contributed by atoms with Gasteiger partial charge in [0.1, 0.15) is 0 Å². The Labute approximate surface area is 88.6 Å². The van der Waals surface area contributed by atoms with Crippen molar-refractivity contribution < 1.29 is 4.79 Å². The second kappa shape index (κ2) is 4.99. The minimum atomic E-state index is 0.202. The Bertz CT molecular complexity index is 176. The van der Waals surface area contributed by atoms with Crippen LogP contribution >= 0.6 is 15.9 Å². The monoisotopic (exact) mass is 247 g/mol. The Morgan fingerprint density at radius 3 is 2.62 bits per heavy atom. The van der Waals surface area contributed by atoms with Crippen LogP contribution in [0.1, 0.15) is 33.1 Å². The fraction of sp³-hybridized carbons (Fsp3) is 0.900. The van der Waals surface area contributed by atoms with Crippen molar-refractivity contribution in [1.29, 1.82) is 0 Å². The Kier molecular flexibility index (Phi) is 4.23. The van der Waals surface area contributed by atoms with E-state index in [0.29, 0.717) is 23.1 Å². The minimum Gasteiger partial charge on any atom is -0.356 e. The number of rotatable bonds is 4. The summed E-state index contributed by atoms with van der Waals surface area (Å²) in [6.07, 6.45) is 3.08. The quantitative estimate of drug-likeness (QED) is 0.760. The number of hydrogen-bond acceptors (Lipinski definition) is 1. The largest absolute Gasteiger partial charge is 0.356 e. The fourth-order valence-corrected chi connectivity index (χ4v) is 2.58. The van der Waals surface area contributed by atoms with Crippen LogP contribution in [0.15, 0.2) is 0 Å². The van der Waals surface area contributed by atoms with Gasteiger partial charge in [0, 0.05) is 17.8 Å². The van der Waals surface area contributed by atoms with Gasteiger partial charge in [0.15, 0.2) is 0 Å². The number of amides is 1. The van der Waals surface area contributed by atoms with Crippen LogP contribution in [0, 0.1) is 11.8 Å². The van der Waals surface area contributed by atoms with E-state index in [1.807, 2.05) is 0 Å². The van der Waals surface area contributed by atoms with Crippen molar-refractivity contribution in [3.05, 3.63) is 0 Å². The van der Waals surface area contributed by atoms with Gasteiger partial charge >= 0.3 is 0 Å². The number of alkyl halides is 1. The molecule has 0 atom stereocenters. The molecule has 0 bridgehead atoms. The van der Waals surface area contributed by atoms with Crippen LogP contribution < -0.4 is 5.32 Å². The van der Waals surface area contributed by atoms with Crippen molar-refractivity contribution in [3.8, 4) is 0 Å². The first-order valence-electron chi connectivity index (χ1n) is 4.98. The summed E-state index contributed by atoms with van der Waals surface area (Å²) >= 11 is 3.54. The molecule has 0 radical (unpaired) electrons. The van der Waals surface area contributed by atoms with Gasteiger partial charge in [-0.1, -0.05) is 29.8 Å². The van der Waals surface area contributed by atoms with Crippen molar-refractivity contribution in [1.82, 2.24) is 5.32 Å². The van der Waals surface area contributed by atoms with Gasteiger partial charge in [0.2, 0.25) is 5.91 Å². The summed E-state index contributed by atoms with van der Waals surface area (Å²) in [7, 11) is 0. The fourth-order valence-electron chi connectivity index (χ4n) is 1.52. The summed E-state index contributed by atoms with van der Waals surface area (Å²) in [5, 5.41) is 2.98. The zero-order chi connectivity index (χ0) is 9.84. The second-order valence-corrected chi connectivity index (χ2v) is 5.63. The molecule has 0 aromatic heterocycles. The third-order valence-electron chi connectivity index (χ3n) is 2.36. The number of carbonyl (C=O) groups is 1. The topological polar surface area (TPSA) is 29.1 Å². The Balaban J connectivity index is 2.02. The van der Waals surface area contributed by atoms with Crippen molar-refractivity contribution in [2.45, 2.75) is 37.9 Å². The third-order valence-corrected chi connectivity index (χ3v) is 3.11. The van der Waals surface area contributed by atoms with Gasteiger partial charge in [-0.05, 0) is 24.7 Å². The zero-order valence-corrected chi connectivity index (χ0v) is 9.93. The standard InChI is InChI=1S/C10H18BrNO/c1-7(2)3-10(13)12-6-8-4-9(11)5-8/h7-9H,3-6H2,1-2H3,(H,12,13).